The number of anilines is 1. The lowest BCUT2D eigenvalue weighted by Gasteiger charge is -2.33. The van der Waals surface area contributed by atoms with E-state index in [4.69, 9.17) is 4.74 Å². The summed E-state index contributed by atoms with van der Waals surface area (Å²) < 4.78 is 5.53. The van der Waals surface area contributed by atoms with Gasteiger partial charge >= 0.3 is 0 Å². The first-order valence-electron chi connectivity index (χ1n) is 8.12. The molecule has 1 aliphatic rings. The van der Waals surface area contributed by atoms with E-state index in [0.29, 0.717) is 19.7 Å². The van der Waals surface area contributed by atoms with Gasteiger partial charge in [0.25, 0.3) is 5.91 Å². The molecule has 2 amide bonds. The topological polar surface area (TPSA) is 70.7 Å². The van der Waals surface area contributed by atoms with Crippen molar-refractivity contribution >= 4 is 17.5 Å². The molecule has 126 valence electrons. The second-order valence-electron chi connectivity index (χ2n) is 5.63. The largest absolute Gasteiger partial charge is 0.366 e. The molecule has 1 saturated heterocycles. The third-order valence-corrected chi connectivity index (χ3v) is 3.84. The van der Waals surface area contributed by atoms with Gasteiger partial charge in [0.15, 0.2) is 0 Å². The highest BCUT2D eigenvalue weighted by Gasteiger charge is 2.32. The summed E-state index contributed by atoms with van der Waals surface area (Å²) >= 11 is 0. The van der Waals surface area contributed by atoms with Crippen LogP contribution in [0.2, 0.25) is 0 Å². The summed E-state index contributed by atoms with van der Waals surface area (Å²) in [6, 6.07) is 8.70. The van der Waals surface area contributed by atoms with Crippen molar-refractivity contribution in [2.45, 2.75) is 32.4 Å². The van der Waals surface area contributed by atoms with Crippen LogP contribution >= 0.6 is 0 Å². The monoisotopic (exact) mass is 319 g/mol. The first-order valence-corrected chi connectivity index (χ1v) is 8.12. The van der Waals surface area contributed by atoms with Crippen molar-refractivity contribution in [3.63, 3.8) is 0 Å². The minimum absolute atomic E-state index is 0.130. The smallest absolute Gasteiger partial charge is 0.253 e. The second kappa shape index (κ2) is 8.64. The number of amides is 2. The molecule has 1 aliphatic heterocycles. The molecule has 1 aromatic carbocycles. The van der Waals surface area contributed by atoms with Gasteiger partial charge in [-0.05, 0) is 25.5 Å². The molecular formula is C17H25N3O3. The molecular weight excluding hydrogens is 294 g/mol. The third kappa shape index (κ3) is 4.77. The molecule has 0 aromatic heterocycles. The van der Waals surface area contributed by atoms with Crippen LogP contribution in [0.3, 0.4) is 0 Å². The molecule has 23 heavy (non-hydrogen) atoms. The summed E-state index contributed by atoms with van der Waals surface area (Å²) in [5.41, 5.74) is 0.726. The zero-order valence-corrected chi connectivity index (χ0v) is 13.7. The van der Waals surface area contributed by atoms with E-state index in [1.807, 2.05) is 37.3 Å². The third-order valence-electron chi connectivity index (χ3n) is 3.84. The summed E-state index contributed by atoms with van der Waals surface area (Å²) in [6.07, 6.45) is 0.275. The van der Waals surface area contributed by atoms with Crippen LogP contribution in [0.5, 0.6) is 0 Å². The molecule has 2 rings (SSSR count). The summed E-state index contributed by atoms with van der Waals surface area (Å²) in [4.78, 5) is 26.7. The van der Waals surface area contributed by atoms with E-state index in [9.17, 15) is 9.59 Å². The molecule has 6 heteroatoms. The van der Waals surface area contributed by atoms with Gasteiger partial charge in [-0.25, -0.2) is 0 Å². The number of nitrogens with zero attached hydrogens (tertiary/aromatic N) is 1. The Labute approximate surface area is 137 Å². The van der Waals surface area contributed by atoms with Crippen molar-refractivity contribution in [1.82, 2.24) is 10.2 Å². The Morgan fingerprint density at radius 1 is 1.39 bits per heavy atom. The summed E-state index contributed by atoms with van der Waals surface area (Å²) in [5.74, 6) is -0.323. The van der Waals surface area contributed by atoms with E-state index in [2.05, 4.69) is 10.6 Å². The Hall–Kier alpha value is -1.92. The van der Waals surface area contributed by atoms with Gasteiger partial charge in [-0.3, -0.25) is 9.59 Å². The van der Waals surface area contributed by atoms with E-state index < -0.39 is 12.1 Å². The molecule has 1 heterocycles. The fourth-order valence-electron chi connectivity index (χ4n) is 2.55. The Balaban J connectivity index is 2.03. The van der Waals surface area contributed by atoms with Crippen LogP contribution in [0.15, 0.2) is 30.3 Å². The molecule has 0 saturated carbocycles. The number of ether oxygens (including phenoxy) is 1. The minimum atomic E-state index is -0.548. The molecule has 0 radical (unpaired) electrons. The van der Waals surface area contributed by atoms with E-state index >= 15 is 0 Å². The quantitative estimate of drug-likeness (QED) is 0.828. The zero-order chi connectivity index (χ0) is 16.7. The predicted octanol–water partition coefficient (Wildman–Crippen LogP) is 1.24. The van der Waals surface area contributed by atoms with Crippen molar-refractivity contribution in [3.8, 4) is 0 Å². The average molecular weight is 319 g/mol. The highest BCUT2D eigenvalue weighted by Crippen LogP contribution is 2.11. The van der Waals surface area contributed by atoms with Crippen molar-refractivity contribution in [3.05, 3.63) is 30.3 Å². The lowest BCUT2D eigenvalue weighted by atomic mass is 10.1. The maximum Gasteiger partial charge on any atom is 0.253 e. The highest BCUT2D eigenvalue weighted by molar-refractivity contribution is 5.97. The van der Waals surface area contributed by atoms with Gasteiger partial charge in [0.05, 0.1) is 6.61 Å². The lowest BCUT2D eigenvalue weighted by Crippen LogP contribution is -2.54. The zero-order valence-electron chi connectivity index (χ0n) is 13.7. The molecule has 2 atom stereocenters. The average Bonchev–Trinajstić information content (AvgIpc) is 2.60. The van der Waals surface area contributed by atoms with Gasteiger partial charge in [-0.15, -0.1) is 0 Å². The minimum Gasteiger partial charge on any atom is -0.366 e. The Morgan fingerprint density at radius 2 is 2.13 bits per heavy atom. The SMILES string of the molecule is CCCN(C(=O)C1CNCCO1)C(C)C(=O)Nc1ccccc1. The van der Waals surface area contributed by atoms with Crippen LogP contribution < -0.4 is 10.6 Å². The fraction of sp³-hybridized carbons (Fsp3) is 0.529. The van der Waals surface area contributed by atoms with Gasteiger partial charge in [0.2, 0.25) is 5.91 Å². The maximum atomic E-state index is 12.7. The normalized spacial score (nSPS) is 19.0. The number of benzene rings is 1. The molecule has 2 N–H and O–H groups in total. The number of carbonyl (C=O) groups is 2. The molecule has 6 nitrogen and oxygen atoms in total. The number of hydrogen-bond acceptors (Lipinski definition) is 4. The van der Waals surface area contributed by atoms with Crippen molar-refractivity contribution in [2.75, 3.05) is 31.6 Å². The number of morpholine rings is 1. The van der Waals surface area contributed by atoms with Crippen molar-refractivity contribution < 1.29 is 14.3 Å². The van der Waals surface area contributed by atoms with Crippen LogP contribution in [0.1, 0.15) is 20.3 Å². The molecule has 0 aliphatic carbocycles. The van der Waals surface area contributed by atoms with Gasteiger partial charge in [-0.1, -0.05) is 25.1 Å². The van der Waals surface area contributed by atoms with Crippen LogP contribution in [0, 0.1) is 0 Å². The lowest BCUT2D eigenvalue weighted by molar-refractivity contribution is -0.150. The molecule has 1 fully saturated rings. The van der Waals surface area contributed by atoms with E-state index in [0.717, 1.165) is 18.7 Å². The van der Waals surface area contributed by atoms with E-state index in [-0.39, 0.29) is 11.8 Å². The van der Waals surface area contributed by atoms with Crippen LogP contribution in [0.4, 0.5) is 5.69 Å². The highest BCUT2D eigenvalue weighted by atomic mass is 16.5. The van der Waals surface area contributed by atoms with Crippen molar-refractivity contribution in [1.29, 1.82) is 0 Å². The van der Waals surface area contributed by atoms with Crippen molar-refractivity contribution in [2.24, 2.45) is 0 Å². The molecule has 1 aromatic rings. The number of hydrogen-bond donors (Lipinski definition) is 2. The summed E-state index contributed by atoms with van der Waals surface area (Å²) in [6.45, 7) is 6.03. The number of rotatable bonds is 6. The number of nitrogens with one attached hydrogen (secondary N) is 2. The molecule has 2 unspecified atom stereocenters. The number of carbonyl (C=O) groups excluding carboxylic acids is 2. The van der Waals surface area contributed by atoms with Crippen LogP contribution in [0.25, 0.3) is 0 Å². The first-order chi connectivity index (χ1) is 11.1. The Bertz CT molecular complexity index is 515. The van der Waals surface area contributed by atoms with Gasteiger partial charge in [0, 0.05) is 25.3 Å². The predicted molar refractivity (Wildman–Crippen MR) is 89.1 cm³/mol. The maximum absolute atomic E-state index is 12.7. The molecule has 0 bridgehead atoms. The van der Waals surface area contributed by atoms with Gasteiger partial charge in [-0.2, -0.15) is 0 Å². The van der Waals surface area contributed by atoms with E-state index in [1.165, 1.54) is 0 Å². The van der Waals surface area contributed by atoms with Crippen LogP contribution in [-0.2, 0) is 14.3 Å². The Morgan fingerprint density at radius 3 is 2.74 bits per heavy atom. The first kappa shape index (κ1) is 17.4. The number of para-hydroxylation sites is 1. The van der Waals surface area contributed by atoms with Gasteiger partial charge < -0.3 is 20.3 Å². The standard InChI is InChI=1S/C17H25N3O3/c1-3-10-20(17(22)15-12-18-9-11-23-15)13(2)16(21)19-14-7-5-4-6-8-14/h4-8,13,15,18H,3,9-12H2,1-2H3,(H,19,21). The Kier molecular flexibility index (Phi) is 6.55. The summed E-state index contributed by atoms with van der Waals surface area (Å²) in [7, 11) is 0. The molecule has 0 spiro atoms. The van der Waals surface area contributed by atoms with Gasteiger partial charge in [0.1, 0.15) is 12.1 Å². The van der Waals surface area contributed by atoms with Crippen LogP contribution in [-0.4, -0.2) is 55.1 Å². The fourth-order valence-corrected chi connectivity index (χ4v) is 2.55. The summed E-state index contributed by atoms with van der Waals surface area (Å²) in [5, 5.41) is 6.00. The second-order valence-corrected chi connectivity index (χ2v) is 5.63. The van der Waals surface area contributed by atoms with E-state index in [1.54, 1.807) is 11.8 Å².